The van der Waals surface area contributed by atoms with E-state index in [1.54, 1.807) is 26.1 Å². The van der Waals surface area contributed by atoms with E-state index in [0.717, 1.165) is 12.1 Å². The zero-order valence-corrected chi connectivity index (χ0v) is 16.0. The Hall–Kier alpha value is -3.36. The van der Waals surface area contributed by atoms with Crippen molar-refractivity contribution < 1.29 is 23.3 Å². The Bertz CT molecular complexity index is 920. The minimum atomic E-state index is -0.955. The Morgan fingerprint density at radius 1 is 1.21 bits per heavy atom. The van der Waals surface area contributed by atoms with Gasteiger partial charge in [0.15, 0.2) is 0 Å². The molecule has 0 aliphatic rings. The lowest BCUT2D eigenvalue weighted by Gasteiger charge is -2.25. The number of carbonyl (C=O) groups excluding carboxylic acids is 2. The number of non-ortho nitro benzene ring substituents is 1. The maximum atomic E-state index is 13.6. The molecule has 2 rings (SSSR count). The van der Waals surface area contributed by atoms with Gasteiger partial charge in [-0.2, -0.15) is 0 Å². The summed E-state index contributed by atoms with van der Waals surface area (Å²) < 4.78 is 26.5. The molecule has 29 heavy (non-hydrogen) atoms. The number of nitrogens with zero attached hydrogens (tertiary/aromatic N) is 2. The molecule has 0 heterocycles. The molecule has 2 amide bonds. The molecule has 0 saturated heterocycles. The number of nitro groups is 1. The van der Waals surface area contributed by atoms with Crippen LogP contribution in [-0.4, -0.2) is 35.2 Å². The summed E-state index contributed by atoms with van der Waals surface area (Å²) in [4.78, 5) is 36.1. The average Bonchev–Trinajstić information content (AvgIpc) is 2.69. The van der Waals surface area contributed by atoms with Crippen LogP contribution < -0.4 is 5.32 Å². The number of benzene rings is 2. The molecular weight excluding hydrogens is 384 g/mol. The molecule has 0 aromatic heterocycles. The Labute approximate surface area is 166 Å². The molecule has 9 heteroatoms. The fourth-order valence-electron chi connectivity index (χ4n) is 2.72. The van der Waals surface area contributed by atoms with Gasteiger partial charge < -0.3 is 10.2 Å². The Morgan fingerprint density at radius 3 is 2.59 bits per heavy atom. The second kappa shape index (κ2) is 9.72. The lowest BCUT2D eigenvalue weighted by Crippen LogP contribution is -2.31. The first kappa shape index (κ1) is 21.9. The van der Waals surface area contributed by atoms with Crippen molar-refractivity contribution in [1.29, 1.82) is 0 Å². The van der Waals surface area contributed by atoms with Gasteiger partial charge in [0, 0.05) is 38.2 Å². The molecule has 0 fully saturated rings. The molecule has 1 N–H and O–H groups in total. The third kappa shape index (κ3) is 5.81. The van der Waals surface area contributed by atoms with Crippen molar-refractivity contribution in [2.24, 2.45) is 0 Å². The van der Waals surface area contributed by atoms with E-state index in [0.29, 0.717) is 18.1 Å². The minimum Gasteiger partial charge on any atom is -0.352 e. The van der Waals surface area contributed by atoms with E-state index in [1.807, 2.05) is 0 Å². The van der Waals surface area contributed by atoms with Crippen molar-refractivity contribution in [3.05, 3.63) is 75.3 Å². The first-order valence-electron chi connectivity index (χ1n) is 8.94. The van der Waals surface area contributed by atoms with Gasteiger partial charge in [0.05, 0.1) is 16.5 Å². The fraction of sp³-hybridized carbons (Fsp3) is 0.300. The average molecular weight is 405 g/mol. The standard InChI is InChI=1S/C20H21F2N3O4/c1-13(14-5-3-6-16(11-14)25(28)29)24(2)19(26)7-4-10-23-20(27)17-9-8-15(21)12-18(17)22/h3,5-6,8-9,11-13H,4,7,10H2,1-2H3,(H,23,27)/t13-/m1/s1. The number of nitrogens with one attached hydrogen (secondary N) is 1. The van der Waals surface area contributed by atoms with Crippen LogP contribution in [-0.2, 0) is 4.79 Å². The van der Waals surface area contributed by atoms with Gasteiger partial charge in [0.1, 0.15) is 11.6 Å². The Morgan fingerprint density at radius 2 is 1.93 bits per heavy atom. The predicted octanol–water partition coefficient (Wildman–Crippen LogP) is 3.60. The molecule has 0 aliphatic heterocycles. The lowest BCUT2D eigenvalue weighted by molar-refractivity contribution is -0.384. The number of rotatable bonds is 8. The second-order valence-corrected chi connectivity index (χ2v) is 6.52. The molecule has 2 aromatic rings. The topological polar surface area (TPSA) is 92.6 Å². The van der Waals surface area contributed by atoms with Crippen molar-refractivity contribution in [2.45, 2.75) is 25.8 Å². The molecule has 0 aliphatic carbocycles. The maximum Gasteiger partial charge on any atom is 0.269 e. The van der Waals surface area contributed by atoms with Gasteiger partial charge in [-0.3, -0.25) is 19.7 Å². The van der Waals surface area contributed by atoms with E-state index in [9.17, 15) is 28.5 Å². The normalized spacial score (nSPS) is 11.6. The molecule has 0 spiro atoms. The number of hydrogen-bond donors (Lipinski definition) is 1. The second-order valence-electron chi connectivity index (χ2n) is 6.52. The molecular formula is C20H21F2N3O4. The van der Waals surface area contributed by atoms with E-state index in [2.05, 4.69) is 5.32 Å². The van der Waals surface area contributed by atoms with Crippen LogP contribution in [0.4, 0.5) is 14.5 Å². The highest BCUT2D eigenvalue weighted by Gasteiger charge is 2.19. The first-order valence-corrected chi connectivity index (χ1v) is 8.94. The molecule has 0 unspecified atom stereocenters. The summed E-state index contributed by atoms with van der Waals surface area (Å²) in [6.07, 6.45) is 0.446. The Balaban J connectivity index is 1.84. The van der Waals surface area contributed by atoms with Gasteiger partial charge in [-0.05, 0) is 31.0 Å². The summed E-state index contributed by atoms with van der Waals surface area (Å²) in [5.41, 5.74) is 0.315. The van der Waals surface area contributed by atoms with Crippen LogP contribution in [0.2, 0.25) is 0 Å². The van der Waals surface area contributed by atoms with Gasteiger partial charge in [-0.15, -0.1) is 0 Å². The minimum absolute atomic E-state index is 0.0501. The lowest BCUT2D eigenvalue weighted by atomic mass is 10.1. The smallest absolute Gasteiger partial charge is 0.269 e. The number of hydrogen-bond acceptors (Lipinski definition) is 4. The fourth-order valence-corrected chi connectivity index (χ4v) is 2.72. The summed E-state index contributed by atoms with van der Waals surface area (Å²) in [7, 11) is 1.60. The van der Waals surface area contributed by atoms with Crippen LogP contribution in [0.5, 0.6) is 0 Å². The largest absolute Gasteiger partial charge is 0.352 e. The van der Waals surface area contributed by atoms with Crippen molar-refractivity contribution in [3.63, 3.8) is 0 Å². The van der Waals surface area contributed by atoms with E-state index in [-0.39, 0.29) is 36.2 Å². The summed E-state index contributed by atoms with van der Waals surface area (Å²) in [5, 5.41) is 13.4. The van der Waals surface area contributed by atoms with Crippen molar-refractivity contribution in [1.82, 2.24) is 10.2 Å². The SMILES string of the molecule is C[C@H](c1cccc([N+](=O)[O-])c1)N(C)C(=O)CCCNC(=O)c1ccc(F)cc1F. The predicted molar refractivity (Wildman–Crippen MR) is 102 cm³/mol. The molecule has 0 radical (unpaired) electrons. The summed E-state index contributed by atoms with van der Waals surface area (Å²) in [6, 6.07) is 8.38. The molecule has 7 nitrogen and oxygen atoms in total. The Kier molecular flexibility index (Phi) is 7.35. The van der Waals surface area contributed by atoms with Gasteiger partial charge in [0.25, 0.3) is 11.6 Å². The van der Waals surface area contributed by atoms with E-state index in [4.69, 9.17) is 0 Å². The number of halogens is 2. The van der Waals surface area contributed by atoms with Crippen LogP contribution in [0, 0.1) is 21.7 Å². The van der Waals surface area contributed by atoms with Crippen molar-refractivity contribution >= 4 is 17.5 Å². The van der Waals surface area contributed by atoms with Crippen LogP contribution in [0.3, 0.4) is 0 Å². The zero-order valence-electron chi connectivity index (χ0n) is 16.0. The van der Waals surface area contributed by atoms with Crippen LogP contribution >= 0.6 is 0 Å². The summed E-state index contributed by atoms with van der Waals surface area (Å²) >= 11 is 0. The quantitative estimate of drug-likeness (QED) is 0.413. The number of carbonyl (C=O) groups is 2. The van der Waals surface area contributed by atoms with Gasteiger partial charge in [-0.1, -0.05) is 12.1 Å². The van der Waals surface area contributed by atoms with Crippen LogP contribution in [0.25, 0.3) is 0 Å². The zero-order chi connectivity index (χ0) is 21.6. The van der Waals surface area contributed by atoms with Gasteiger partial charge in [-0.25, -0.2) is 8.78 Å². The summed E-state index contributed by atoms with van der Waals surface area (Å²) in [6.45, 7) is 1.90. The highest BCUT2D eigenvalue weighted by atomic mass is 19.1. The van der Waals surface area contributed by atoms with Gasteiger partial charge >= 0.3 is 0 Å². The first-order chi connectivity index (χ1) is 13.7. The van der Waals surface area contributed by atoms with E-state index >= 15 is 0 Å². The number of nitro benzene ring substituents is 1. The molecule has 2 aromatic carbocycles. The monoisotopic (exact) mass is 405 g/mol. The highest BCUT2D eigenvalue weighted by Crippen LogP contribution is 2.23. The van der Waals surface area contributed by atoms with Crippen molar-refractivity contribution in [2.75, 3.05) is 13.6 Å². The highest BCUT2D eigenvalue weighted by molar-refractivity contribution is 5.94. The summed E-state index contributed by atoms with van der Waals surface area (Å²) in [5.74, 6) is -2.62. The van der Waals surface area contributed by atoms with Crippen LogP contribution in [0.1, 0.15) is 41.7 Å². The van der Waals surface area contributed by atoms with Gasteiger partial charge in [0.2, 0.25) is 5.91 Å². The van der Waals surface area contributed by atoms with Crippen molar-refractivity contribution in [3.8, 4) is 0 Å². The van der Waals surface area contributed by atoms with E-state index < -0.39 is 22.5 Å². The molecule has 1 atom stereocenters. The molecule has 154 valence electrons. The van der Waals surface area contributed by atoms with Crippen LogP contribution in [0.15, 0.2) is 42.5 Å². The molecule has 0 bridgehead atoms. The molecule has 0 saturated carbocycles. The van der Waals surface area contributed by atoms with E-state index in [1.165, 1.54) is 17.0 Å². The maximum absolute atomic E-state index is 13.6. The number of amides is 2. The third-order valence-electron chi connectivity index (χ3n) is 4.57. The third-order valence-corrected chi connectivity index (χ3v) is 4.57.